The summed E-state index contributed by atoms with van der Waals surface area (Å²) in [4.78, 5) is 10.7. The molecule has 0 radical (unpaired) electrons. The molecule has 5 heteroatoms. The third-order valence-corrected chi connectivity index (χ3v) is 1.74. The van der Waals surface area contributed by atoms with E-state index < -0.39 is 5.97 Å². The fraction of sp³-hybridized carbons (Fsp3) is 0. The lowest BCUT2D eigenvalue weighted by Gasteiger charge is -2.01. The van der Waals surface area contributed by atoms with Crippen LogP contribution in [0.15, 0.2) is 24.4 Å². The summed E-state index contributed by atoms with van der Waals surface area (Å²) in [6.45, 7) is 0. The third-order valence-electron chi connectivity index (χ3n) is 1.74. The highest BCUT2D eigenvalue weighted by molar-refractivity contribution is 5.89. The monoisotopic (exact) mass is 178 g/mol. The predicted molar refractivity (Wildman–Crippen MR) is 43.8 cm³/mol. The molecule has 5 nitrogen and oxygen atoms in total. The number of aromatic carboxylic acids is 1. The van der Waals surface area contributed by atoms with Crippen molar-refractivity contribution >= 4 is 11.5 Å². The summed E-state index contributed by atoms with van der Waals surface area (Å²) in [6.07, 6.45) is 1.47. The third kappa shape index (κ3) is 1.01. The standard InChI is InChI=1S/C8H6N2O3/c11-6-2-1-5-3-4-9-10(5)7(6)8(12)13/h1-4,11H,(H,12,13). The molecule has 0 aliphatic rings. The Morgan fingerprint density at radius 1 is 1.38 bits per heavy atom. The van der Waals surface area contributed by atoms with Gasteiger partial charge in [-0.05, 0) is 18.2 Å². The number of fused-ring (bicyclic) bond motifs is 1. The van der Waals surface area contributed by atoms with E-state index in [-0.39, 0.29) is 11.4 Å². The van der Waals surface area contributed by atoms with E-state index in [1.165, 1.54) is 16.8 Å². The van der Waals surface area contributed by atoms with Crippen LogP contribution in [-0.2, 0) is 0 Å². The van der Waals surface area contributed by atoms with Gasteiger partial charge in [0, 0.05) is 0 Å². The van der Waals surface area contributed by atoms with Gasteiger partial charge in [0.2, 0.25) is 0 Å². The maximum Gasteiger partial charge on any atom is 0.358 e. The second-order valence-corrected chi connectivity index (χ2v) is 2.54. The number of carboxylic acids is 1. The molecule has 2 heterocycles. The predicted octanol–water partition coefficient (Wildman–Crippen LogP) is 0.738. The van der Waals surface area contributed by atoms with Crippen LogP contribution >= 0.6 is 0 Å². The number of pyridine rings is 1. The first kappa shape index (κ1) is 7.60. The first-order chi connectivity index (χ1) is 6.20. The van der Waals surface area contributed by atoms with E-state index in [0.717, 1.165) is 0 Å². The first-order valence-electron chi connectivity index (χ1n) is 3.59. The van der Waals surface area contributed by atoms with Gasteiger partial charge < -0.3 is 10.2 Å². The van der Waals surface area contributed by atoms with Crippen LogP contribution in [0.25, 0.3) is 5.52 Å². The first-order valence-corrected chi connectivity index (χ1v) is 3.59. The van der Waals surface area contributed by atoms with E-state index in [0.29, 0.717) is 5.52 Å². The van der Waals surface area contributed by atoms with Crippen molar-refractivity contribution in [3.05, 3.63) is 30.1 Å². The highest BCUT2D eigenvalue weighted by atomic mass is 16.4. The van der Waals surface area contributed by atoms with E-state index in [1.54, 1.807) is 12.1 Å². The van der Waals surface area contributed by atoms with Gasteiger partial charge in [0.05, 0.1) is 11.7 Å². The van der Waals surface area contributed by atoms with Crippen molar-refractivity contribution in [1.82, 2.24) is 9.61 Å². The van der Waals surface area contributed by atoms with Crippen molar-refractivity contribution in [1.29, 1.82) is 0 Å². The normalized spacial score (nSPS) is 10.5. The van der Waals surface area contributed by atoms with Crippen molar-refractivity contribution in [2.75, 3.05) is 0 Å². The molecule has 2 aromatic heterocycles. The van der Waals surface area contributed by atoms with E-state index >= 15 is 0 Å². The molecule has 0 bridgehead atoms. The van der Waals surface area contributed by atoms with E-state index in [1.807, 2.05) is 0 Å². The number of carbonyl (C=O) groups is 1. The molecule has 0 saturated heterocycles. The topological polar surface area (TPSA) is 74.8 Å². The molecule has 0 saturated carbocycles. The smallest absolute Gasteiger partial charge is 0.358 e. The maximum absolute atomic E-state index is 10.7. The van der Waals surface area contributed by atoms with Crippen LogP contribution in [0.3, 0.4) is 0 Å². The van der Waals surface area contributed by atoms with Gasteiger partial charge in [0.1, 0.15) is 5.75 Å². The summed E-state index contributed by atoms with van der Waals surface area (Å²) in [7, 11) is 0. The summed E-state index contributed by atoms with van der Waals surface area (Å²) in [5.41, 5.74) is 0.415. The Hall–Kier alpha value is -2.04. The van der Waals surface area contributed by atoms with Gasteiger partial charge in [-0.2, -0.15) is 5.10 Å². The summed E-state index contributed by atoms with van der Waals surface area (Å²) >= 11 is 0. The molecule has 2 rings (SSSR count). The largest absolute Gasteiger partial charge is 0.505 e. The van der Waals surface area contributed by atoms with Crippen molar-refractivity contribution in [3.63, 3.8) is 0 Å². The molecule has 0 amide bonds. The van der Waals surface area contributed by atoms with Gasteiger partial charge in [0.25, 0.3) is 0 Å². The second kappa shape index (κ2) is 2.48. The Morgan fingerprint density at radius 2 is 2.15 bits per heavy atom. The minimum absolute atomic E-state index is 0.220. The van der Waals surface area contributed by atoms with Crippen LogP contribution in [-0.4, -0.2) is 25.8 Å². The maximum atomic E-state index is 10.7. The lowest BCUT2D eigenvalue weighted by Crippen LogP contribution is -2.06. The number of aromatic nitrogens is 2. The molecular formula is C8H6N2O3. The molecule has 0 fully saturated rings. The quantitative estimate of drug-likeness (QED) is 0.675. The Bertz CT molecular complexity index is 475. The molecule has 0 atom stereocenters. The Kier molecular flexibility index (Phi) is 1.45. The van der Waals surface area contributed by atoms with E-state index in [4.69, 9.17) is 5.11 Å². The molecule has 66 valence electrons. The zero-order valence-electron chi connectivity index (χ0n) is 6.51. The van der Waals surface area contributed by atoms with Gasteiger partial charge in [-0.25, -0.2) is 9.31 Å². The average Bonchev–Trinajstić information content (AvgIpc) is 2.50. The summed E-state index contributed by atoms with van der Waals surface area (Å²) < 4.78 is 1.18. The van der Waals surface area contributed by atoms with Gasteiger partial charge in [-0.1, -0.05) is 0 Å². The van der Waals surface area contributed by atoms with E-state index in [9.17, 15) is 9.90 Å². The molecule has 13 heavy (non-hydrogen) atoms. The second-order valence-electron chi connectivity index (χ2n) is 2.54. The van der Waals surface area contributed by atoms with Crippen molar-refractivity contribution in [2.24, 2.45) is 0 Å². The van der Waals surface area contributed by atoms with Crippen LogP contribution in [0.5, 0.6) is 5.75 Å². The van der Waals surface area contributed by atoms with Crippen molar-refractivity contribution < 1.29 is 15.0 Å². The summed E-state index contributed by atoms with van der Waals surface area (Å²) in [6, 6.07) is 4.58. The Morgan fingerprint density at radius 3 is 2.85 bits per heavy atom. The fourth-order valence-electron chi connectivity index (χ4n) is 1.18. The highest BCUT2D eigenvalue weighted by Gasteiger charge is 2.14. The number of aromatic hydroxyl groups is 1. The molecular weight excluding hydrogens is 172 g/mol. The lowest BCUT2D eigenvalue weighted by atomic mass is 10.3. The average molecular weight is 178 g/mol. The van der Waals surface area contributed by atoms with Crippen LogP contribution in [0, 0.1) is 0 Å². The van der Waals surface area contributed by atoms with Crippen LogP contribution < -0.4 is 0 Å². The molecule has 0 spiro atoms. The van der Waals surface area contributed by atoms with Gasteiger partial charge in [-0.3, -0.25) is 0 Å². The zero-order chi connectivity index (χ0) is 9.42. The summed E-state index contributed by atoms with van der Waals surface area (Å²) in [5, 5.41) is 21.8. The van der Waals surface area contributed by atoms with E-state index in [2.05, 4.69) is 5.10 Å². The van der Waals surface area contributed by atoms with Crippen LogP contribution in [0.2, 0.25) is 0 Å². The highest BCUT2D eigenvalue weighted by Crippen LogP contribution is 2.18. The fourth-order valence-corrected chi connectivity index (χ4v) is 1.18. The molecule has 0 aliphatic heterocycles. The van der Waals surface area contributed by atoms with Gasteiger partial charge in [-0.15, -0.1) is 0 Å². The van der Waals surface area contributed by atoms with Crippen LogP contribution in [0.1, 0.15) is 10.5 Å². The lowest BCUT2D eigenvalue weighted by molar-refractivity contribution is 0.0684. The number of hydrogen-bond donors (Lipinski definition) is 2. The van der Waals surface area contributed by atoms with Gasteiger partial charge in [0.15, 0.2) is 5.69 Å². The molecule has 0 aromatic carbocycles. The molecule has 0 unspecified atom stereocenters. The number of carboxylic acid groups (broad SMARTS) is 1. The zero-order valence-corrected chi connectivity index (χ0v) is 6.51. The van der Waals surface area contributed by atoms with Crippen molar-refractivity contribution in [2.45, 2.75) is 0 Å². The molecule has 2 N–H and O–H groups in total. The van der Waals surface area contributed by atoms with Crippen molar-refractivity contribution in [3.8, 4) is 5.75 Å². The summed E-state index contributed by atoms with van der Waals surface area (Å²) in [5.74, 6) is -1.49. The number of hydrogen-bond acceptors (Lipinski definition) is 3. The van der Waals surface area contributed by atoms with Crippen LogP contribution in [0.4, 0.5) is 0 Å². The minimum atomic E-state index is -1.20. The number of nitrogens with zero attached hydrogens (tertiary/aromatic N) is 2. The minimum Gasteiger partial charge on any atom is -0.505 e. The Balaban J connectivity index is 2.88. The SMILES string of the molecule is O=C(O)c1c(O)ccc2ccnn12. The van der Waals surface area contributed by atoms with Gasteiger partial charge >= 0.3 is 5.97 Å². The number of rotatable bonds is 1. The Labute approximate surface area is 72.9 Å². The molecule has 0 aliphatic carbocycles. The molecule has 2 aromatic rings.